The molecule has 0 fully saturated rings. The Morgan fingerprint density at radius 1 is 1.40 bits per heavy atom. The Hall–Kier alpha value is -1.11. The van der Waals surface area contributed by atoms with Crippen molar-refractivity contribution in [1.82, 2.24) is 10.3 Å². The molecule has 0 saturated carbocycles. The van der Waals surface area contributed by atoms with Crippen LogP contribution in [0.2, 0.25) is 0 Å². The highest BCUT2D eigenvalue weighted by Gasteiger charge is 2.12. The largest absolute Gasteiger partial charge is 0.493 e. The number of hydrogen-bond acceptors (Lipinski definition) is 5. The van der Waals surface area contributed by atoms with Crippen molar-refractivity contribution in [1.29, 1.82) is 0 Å². The van der Waals surface area contributed by atoms with Gasteiger partial charge in [-0.3, -0.25) is 0 Å². The van der Waals surface area contributed by atoms with Crippen molar-refractivity contribution in [3.8, 4) is 11.5 Å². The number of halogens is 1. The van der Waals surface area contributed by atoms with Crippen LogP contribution in [0.5, 0.6) is 11.5 Å². The minimum atomic E-state index is 0.492. The first-order chi connectivity index (χ1) is 9.63. The fourth-order valence-electron chi connectivity index (χ4n) is 1.83. The molecule has 0 aliphatic rings. The minimum absolute atomic E-state index is 0.492. The Labute approximate surface area is 131 Å². The Bertz CT molecular complexity index is 587. The van der Waals surface area contributed by atoms with E-state index < -0.39 is 0 Å². The Morgan fingerprint density at radius 2 is 2.20 bits per heavy atom. The van der Waals surface area contributed by atoms with Crippen LogP contribution in [0.3, 0.4) is 0 Å². The van der Waals surface area contributed by atoms with E-state index in [2.05, 4.69) is 26.2 Å². The second kappa shape index (κ2) is 7.06. The molecule has 2 rings (SSSR count). The summed E-state index contributed by atoms with van der Waals surface area (Å²) in [5.74, 6) is 1.45. The van der Waals surface area contributed by atoms with Crippen molar-refractivity contribution in [2.75, 3.05) is 14.2 Å². The molecule has 0 amide bonds. The summed E-state index contributed by atoms with van der Waals surface area (Å²) in [6.45, 7) is 3.26. The van der Waals surface area contributed by atoms with Crippen molar-refractivity contribution in [3.05, 3.63) is 38.3 Å². The second-order valence-electron chi connectivity index (χ2n) is 4.27. The zero-order valence-electron chi connectivity index (χ0n) is 11.7. The van der Waals surface area contributed by atoms with E-state index in [0.717, 1.165) is 38.0 Å². The van der Waals surface area contributed by atoms with Crippen LogP contribution in [0.15, 0.2) is 22.8 Å². The molecule has 0 radical (unpaired) electrons. The van der Waals surface area contributed by atoms with E-state index in [0.29, 0.717) is 6.61 Å². The summed E-state index contributed by atoms with van der Waals surface area (Å²) in [7, 11) is 3.56. The first kappa shape index (κ1) is 15.3. The number of benzene rings is 1. The lowest BCUT2D eigenvalue weighted by Crippen LogP contribution is -2.06. The molecule has 108 valence electrons. The fraction of sp³-hybridized carbons (Fsp3) is 0.357. The van der Waals surface area contributed by atoms with Crippen LogP contribution in [0.25, 0.3) is 0 Å². The fourth-order valence-corrected chi connectivity index (χ4v) is 3.15. The molecular formula is C14H17BrN2O2S. The molecule has 1 N–H and O–H groups in total. The van der Waals surface area contributed by atoms with Crippen LogP contribution in [0.4, 0.5) is 0 Å². The third-order valence-corrected chi connectivity index (χ3v) is 4.17. The lowest BCUT2D eigenvalue weighted by molar-refractivity contribution is 0.285. The molecular weight excluding hydrogens is 340 g/mol. The van der Waals surface area contributed by atoms with E-state index in [1.807, 2.05) is 32.3 Å². The molecule has 0 aliphatic carbocycles. The molecule has 0 spiro atoms. The molecule has 6 heteroatoms. The monoisotopic (exact) mass is 356 g/mol. The van der Waals surface area contributed by atoms with Gasteiger partial charge in [0.2, 0.25) is 0 Å². The van der Waals surface area contributed by atoms with Crippen molar-refractivity contribution < 1.29 is 9.47 Å². The van der Waals surface area contributed by atoms with E-state index in [9.17, 15) is 0 Å². The molecule has 0 aliphatic heterocycles. The molecule has 1 heterocycles. The highest BCUT2D eigenvalue weighted by Crippen LogP contribution is 2.37. The van der Waals surface area contributed by atoms with Crippen molar-refractivity contribution in [2.45, 2.75) is 20.1 Å². The number of ether oxygens (including phenoxy) is 2. The number of hydrogen-bond donors (Lipinski definition) is 1. The molecule has 20 heavy (non-hydrogen) atoms. The number of aromatic nitrogens is 1. The molecule has 1 aromatic heterocycles. The summed E-state index contributed by atoms with van der Waals surface area (Å²) in [5, 5.41) is 4.16. The van der Waals surface area contributed by atoms with Crippen LogP contribution in [-0.4, -0.2) is 19.1 Å². The van der Waals surface area contributed by atoms with Gasteiger partial charge in [-0.1, -0.05) is 0 Å². The molecule has 2 aromatic rings. The highest BCUT2D eigenvalue weighted by atomic mass is 79.9. The summed E-state index contributed by atoms with van der Waals surface area (Å²) in [5.41, 5.74) is 1.14. The molecule has 1 aromatic carbocycles. The SMILES string of the molecule is CNCc1cc(Br)c(OCc2cnc(C)s2)c(OC)c1. The zero-order valence-corrected chi connectivity index (χ0v) is 14.1. The maximum absolute atomic E-state index is 5.87. The van der Waals surface area contributed by atoms with Crippen LogP contribution < -0.4 is 14.8 Å². The Morgan fingerprint density at radius 3 is 2.80 bits per heavy atom. The number of rotatable bonds is 6. The van der Waals surface area contributed by atoms with Crippen LogP contribution >= 0.6 is 27.3 Å². The number of nitrogens with zero attached hydrogens (tertiary/aromatic N) is 1. The first-order valence-electron chi connectivity index (χ1n) is 6.19. The van der Waals surface area contributed by atoms with Gasteiger partial charge in [-0.05, 0) is 47.6 Å². The zero-order chi connectivity index (χ0) is 14.5. The highest BCUT2D eigenvalue weighted by molar-refractivity contribution is 9.10. The van der Waals surface area contributed by atoms with E-state index in [1.54, 1.807) is 18.4 Å². The summed E-state index contributed by atoms with van der Waals surface area (Å²) in [6, 6.07) is 4.01. The minimum Gasteiger partial charge on any atom is -0.493 e. The summed E-state index contributed by atoms with van der Waals surface area (Å²) >= 11 is 5.18. The topological polar surface area (TPSA) is 43.4 Å². The predicted octanol–water partition coefficient (Wildman–Crippen LogP) is 3.52. The summed E-state index contributed by atoms with van der Waals surface area (Å²) in [6.07, 6.45) is 1.84. The predicted molar refractivity (Wildman–Crippen MR) is 84.6 cm³/mol. The van der Waals surface area contributed by atoms with Gasteiger partial charge in [0.1, 0.15) is 6.61 Å². The van der Waals surface area contributed by atoms with E-state index in [4.69, 9.17) is 9.47 Å². The number of thiazole rings is 1. The maximum atomic E-state index is 5.87. The quantitative estimate of drug-likeness (QED) is 0.859. The average molecular weight is 357 g/mol. The standard InChI is InChI=1S/C14H17BrN2O2S/c1-9-17-7-11(20-9)8-19-14-12(15)4-10(6-16-2)5-13(14)18-3/h4-5,7,16H,6,8H2,1-3H3. The second-order valence-corrected chi connectivity index (χ2v) is 6.45. The van der Waals surface area contributed by atoms with Crippen molar-refractivity contribution in [3.63, 3.8) is 0 Å². The van der Waals surface area contributed by atoms with Crippen molar-refractivity contribution in [2.24, 2.45) is 0 Å². The number of methoxy groups -OCH3 is 1. The molecule has 4 nitrogen and oxygen atoms in total. The maximum Gasteiger partial charge on any atom is 0.175 e. The van der Waals surface area contributed by atoms with Crippen molar-refractivity contribution >= 4 is 27.3 Å². The van der Waals surface area contributed by atoms with Gasteiger partial charge in [0, 0.05) is 12.7 Å². The molecule has 0 atom stereocenters. The lowest BCUT2D eigenvalue weighted by atomic mass is 10.2. The molecule has 0 saturated heterocycles. The van der Waals surface area contributed by atoms with Gasteiger partial charge in [0.25, 0.3) is 0 Å². The first-order valence-corrected chi connectivity index (χ1v) is 7.80. The summed E-state index contributed by atoms with van der Waals surface area (Å²) < 4.78 is 12.2. The van der Waals surface area contributed by atoms with Gasteiger partial charge in [-0.25, -0.2) is 4.98 Å². The average Bonchev–Trinajstić information content (AvgIpc) is 2.83. The Balaban J connectivity index is 2.17. The Kier molecular flexibility index (Phi) is 5.39. The third-order valence-electron chi connectivity index (χ3n) is 2.70. The van der Waals surface area contributed by atoms with Crippen LogP contribution in [-0.2, 0) is 13.2 Å². The molecule has 0 unspecified atom stereocenters. The van der Waals surface area contributed by atoms with E-state index in [-0.39, 0.29) is 0 Å². The van der Waals surface area contributed by atoms with Crippen LogP contribution in [0.1, 0.15) is 15.4 Å². The lowest BCUT2D eigenvalue weighted by Gasteiger charge is -2.13. The van der Waals surface area contributed by atoms with E-state index in [1.165, 1.54) is 0 Å². The van der Waals surface area contributed by atoms with Gasteiger partial charge in [0.05, 0.1) is 21.5 Å². The van der Waals surface area contributed by atoms with Gasteiger partial charge in [-0.2, -0.15) is 0 Å². The van der Waals surface area contributed by atoms with Crippen LogP contribution in [0, 0.1) is 6.92 Å². The normalized spacial score (nSPS) is 10.6. The van der Waals surface area contributed by atoms with E-state index >= 15 is 0 Å². The third kappa shape index (κ3) is 3.71. The molecule has 0 bridgehead atoms. The van der Waals surface area contributed by atoms with Gasteiger partial charge < -0.3 is 14.8 Å². The van der Waals surface area contributed by atoms with Gasteiger partial charge in [0.15, 0.2) is 11.5 Å². The number of aryl methyl sites for hydroxylation is 1. The summed E-state index contributed by atoms with van der Waals surface area (Å²) in [4.78, 5) is 5.31. The van der Waals surface area contributed by atoms with Gasteiger partial charge in [-0.15, -0.1) is 11.3 Å². The van der Waals surface area contributed by atoms with Gasteiger partial charge >= 0.3 is 0 Å². The number of nitrogens with one attached hydrogen (secondary N) is 1. The smallest absolute Gasteiger partial charge is 0.175 e.